The summed E-state index contributed by atoms with van der Waals surface area (Å²) < 4.78 is 23.9. The number of allylic oxidation sites excluding steroid dienone is 4. The van der Waals surface area contributed by atoms with Gasteiger partial charge in [0.1, 0.15) is 0 Å². The van der Waals surface area contributed by atoms with Crippen LogP contribution in [0.5, 0.6) is 0 Å². The van der Waals surface area contributed by atoms with E-state index < -0.39 is 26.8 Å². The van der Waals surface area contributed by atoms with Gasteiger partial charge in [-0.05, 0) is 46.1 Å². The van der Waals surface area contributed by atoms with Crippen molar-refractivity contribution in [2.75, 3.05) is 0 Å². The van der Waals surface area contributed by atoms with E-state index in [1.165, 1.54) is 23.5 Å². The molecule has 2 unspecified atom stereocenters. The lowest BCUT2D eigenvalue weighted by molar-refractivity contribution is -0.704. The summed E-state index contributed by atoms with van der Waals surface area (Å²) in [6, 6.07) is 3.33. The van der Waals surface area contributed by atoms with Gasteiger partial charge in [0.05, 0.1) is 0 Å². The summed E-state index contributed by atoms with van der Waals surface area (Å²) in [6.07, 6.45) is 9.35. The van der Waals surface area contributed by atoms with Gasteiger partial charge in [0.2, 0.25) is 0 Å². The van der Waals surface area contributed by atoms with E-state index in [-0.39, 0.29) is 0 Å². The molecule has 0 radical (unpaired) electrons. The lowest BCUT2D eigenvalue weighted by Crippen LogP contribution is -2.49. The molecule has 1 rings (SSSR count). The average Bonchev–Trinajstić information content (AvgIpc) is 2.50. The molecule has 0 aliphatic rings. The Morgan fingerprint density at radius 1 is 1.22 bits per heavy atom. The quantitative estimate of drug-likeness (QED) is 0.270. The van der Waals surface area contributed by atoms with Crippen molar-refractivity contribution >= 4 is 15.2 Å². The number of hydrogen-bond acceptors (Lipinski definition) is 4. The zero-order valence-corrected chi connectivity index (χ0v) is 17.4. The van der Waals surface area contributed by atoms with Crippen LogP contribution in [0.25, 0.3) is 0 Å². The Balaban J connectivity index is 2.95. The van der Waals surface area contributed by atoms with Crippen molar-refractivity contribution in [1.82, 2.24) is 0 Å². The molecule has 0 spiro atoms. The number of pyridine rings is 1. The lowest BCUT2D eigenvalue weighted by atomic mass is 10.1. The molecule has 0 amide bonds. The van der Waals surface area contributed by atoms with E-state index in [2.05, 4.69) is 6.08 Å². The maximum atomic E-state index is 11.4. The predicted octanol–water partition coefficient (Wildman–Crippen LogP) is 1.58. The highest BCUT2D eigenvalue weighted by atomic mass is 31.2. The number of aromatic nitrogens is 1. The van der Waals surface area contributed by atoms with E-state index in [0.29, 0.717) is 6.42 Å². The monoisotopic (exact) mass is 419 g/mol. The Morgan fingerprint density at radius 3 is 2.37 bits per heavy atom. The molecule has 27 heavy (non-hydrogen) atoms. The van der Waals surface area contributed by atoms with Crippen molar-refractivity contribution in [2.45, 2.75) is 51.7 Å². The van der Waals surface area contributed by atoms with Gasteiger partial charge in [-0.2, -0.15) is 0 Å². The van der Waals surface area contributed by atoms with Gasteiger partial charge in [-0.1, -0.05) is 23.3 Å². The van der Waals surface area contributed by atoms with Crippen molar-refractivity contribution in [3.63, 3.8) is 0 Å². The van der Waals surface area contributed by atoms with Crippen LogP contribution in [-0.2, 0) is 22.1 Å². The van der Waals surface area contributed by atoms with E-state index in [1.54, 1.807) is 12.1 Å². The Labute approximate surface area is 159 Å². The van der Waals surface area contributed by atoms with E-state index in [4.69, 9.17) is 4.89 Å². The Morgan fingerprint density at radius 2 is 1.85 bits per heavy atom. The second kappa shape index (κ2) is 9.39. The molecule has 4 N–H and O–H groups in total. The van der Waals surface area contributed by atoms with E-state index >= 15 is 0 Å². The first-order valence-electron chi connectivity index (χ1n) is 8.35. The fraction of sp³-hybridized carbons (Fsp3) is 0.471. The van der Waals surface area contributed by atoms with Crippen molar-refractivity contribution < 1.29 is 38.4 Å². The summed E-state index contributed by atoms with van der Waals surface area (Å²) >= 11 is 0. The summed E-state index contributed by atoms with van der Waals surface area (Å²) in [6.45, 7) is 5.08. The molecular formula is C17H27NO7P2. The summed E-state index contributed by atoms with van der Waals surface area (Å²) in [7, 11) is -11.3. The largest absolute Gasteiger partial charge is 0.776 e. The lowest BCUT2D eigenvalue weighted by Gasteiger charge is -2.33. The first kappa shape index (κ1) is 23.9. The molecule has 1 aromatic heterocycles. The second-order valence-electron chi connectivity index (χ2n) is 6.80. The Kier molecular flexibility index (Phi) is 8.32. The van der Waals surface area contributed by atoms with Gasteiger partial charge in [-0.15, -0.1) is 0 Å². The Bertz CT molecular complexity index is 781. The molecule has 1 heterocycles. The fourth-order valence-electron chi connectivity index (χ4n) is 2.37. The number of nitrogens with zero attached hydrogens (tertiary/aromatic N) is 1. The van der Waals surface area contributed by atoms with Crippen LogP contribution in [0.4, 0.5) is 0 Å². The highest BCUT2D eigenvalue weighted by Gasteiger charge is 2.57. The average molecular weight is 419 g/mol. The van der Waals surface area contributed by atoms with Gasteiger partial charge < -0.3 is 29.2 Å². The molecule has 152 valence electrons. The minimum atomic E-state index is -5.74. The minimum Gasteiger partial charge on any atom is -0.776 e. The molecule has 0 fully saturated rings. The maximum absolute atomic E-state index is 11.4. The first-order chi connectivity index (χ1) is 12.3. The normalized spacial score (nSPS) is 17.1. The van der Waals surface area contributed by atoms with Crippen LogP contribution in [-0.4, -0.2) is 24.9 Å². The summed E-state index contributed by atoms with van der Waals surface area (Å²) in [5, 5.41) is 6.38. The van der Waals surface area contributed by atoms with Crippen LogP contribution >= 0.6 is 15.2 Å². The summed E-state index contributed by atoms with van der Waals surface area (Å²) in [5.74, 6) is 0. The van der Waals surface area contributed by atoms with Gasteiger partial charge in [0.15, 0.2) is 26.5 Å². The molecule has 0 saturated carbocycles. The van der Waals surface area contributed by atoms with Crippen molar-refractivity contribution in [3.8, 4) is 0 Å². The highest BCUT2D eigenvalue weighted by molar-refractivity contribution is 7.71. The molecule has 8 nitrogen and oxygen atoms in total. The topological polar surface area (TPSA) is 142 Å². The molecule has 0 bridgehead atoms. The first-order valence-corrected chi connectivity index (χ1v) is 11.5. The molecule has 0 aliphatic carbocycles. The predicted molar refractivity (Wildman–Crippen MR) is 99.6 cm³/mol. The highest BCUT2D eigenvalue weighted by Crippen LogP contribution is 2.65. The second-order valence-corrected chi connectivity index (χ2v) is 10.8. The zero-order valence-electron chi connectivity index (χ0n) is 15.6. The summed E-state index contributed by atoms with van der Waals surface area (Å²) in [5.41, 5.74) is 3.18. The maximum Gasteiger partial charge on any atom is 0.372 e. The van der Waals surface area contributed by atoms with E-state index in [0.717, 1.165) is 23.0 Å². The van der Waals surface area contributed by atoms with Crippen LogP contribution in [0.2, 0.25) is 0 Å². The smallest absolute Gasteiger partial charge is 0.372 e. The third-order valence-corrected chi connectivity index (χ3v) is 7.67. The zero-order chi connectivity index (χ0) is 20.9. The number of hydrogen-bond donors (Lipinski definition) is 4. The van der Waals surface area contributed by atoms with Gasteiger partial charge in [0.25, 0.3) is 5.08 Å². The van der Waals surface area contributed by atoms with Gasteiger partial charge in [-0.25, -0.2) is 4.57 Å². The van der Waals surface area contributed by atoms with Crippen LogP contribution in [0, 0.1) is 0 Å². The van der Waals surface area contributed by atoms with Crippen molar-refractivity contribution in [2.24, 2.45) is 0 Å². The molecule has 0 aliphatic heterocycles. The fourth-order valence-corrected chi connectivity index (χ4v) is 4.38. The third-order valence-electron chi connectivity index (χ3n) is 4.01. The Hall–Kier alpha value is -1.11. The van der Waals surface area contributed by atoms with E-state index in [9.17, 15) is 28.9 Å². The molecular weight excluding hydrogens is 392 g/mol. The van der Waals surface area contributed by atoms with Crippen molar-refractivity contribution in [3.05, 3.63) is 53.4 Å². The third kappa shape index (κ3) is 7.09. The summed E-state index contributed by atoms with van der Waals surface area (Å²) in [4.78, 5) is 38.9. The van der Waals surface area contributed by atoms with E-state index in [1.807, 2.05) is 26.8 Å². The molecule has 0 saturated heterocycles. The molecule has 10 heteroatoms. The van der Waals surface area contributed by atoms with Crippen LogP contribution < -0.4 is 9.46 Å². The number of aliphatic hydroxyl groups is 1. The van der Waals surface area contributed by atoms with Gasteiger partial charge in [-0.3, -0.25) is 4.57 Å². The molecule has 1 aromatic rings. The van der Waals surface area contributed by atoms with Gasteiger partial charge in [0, 0.05) is 11.6 Å². The number of rotatable bonds is 9. The molecule has 2 atom stereocenters. The van der Waals surface area contributed by atoms with Crippen molar-refractivity contribution in [1.29, 1.82) is 0 Å². The van der Waals surface area contributed by atoms with Crippen LogP contribution in [0.3, 0.4) is 0 Å². The van der Waals surface area contributed by atoms with Crippen LogP contribution in [0.1, 0.15) is 39.2 Å². The SMILES string of the molecule is CC(C)=CCC/C(C)=C/Cc1ccc[n+](CC(O)(P(=O)([O-])O)P(=O)(O)O)c1. The molecule has 0 aromatic carbocycles. The van der Waals surface area contributed by atoms with Crippen LogP contribution in [0.15, 0.2) is 47.8 Å². The minimum absolute atomic E-state index is 0.532. The standard InChI is InChI=1S/C17H27NO7P2/c1-14(2)6-4-7-15(3)9-10-16-8-5-11-18(12-16)13-17(19,26(20,21)22)27(23,24)25/h5-6,8-9,11-12,19H,4,7,10,13H2,1-3H3,(H3-,20,21,22,23,24,25)/b15-9+. The van der Waals surface area contributed by atoms with Gasteiger partial charge >= 0.3 is 7.60 Å².